The summed E-state index contributed by atoms with van der Waals surface area (Å²) in [5, 5.41) is 0.486. The van der Waals surface area contributed by atoms with Crippen molar-refractivity contribution in [3.8, 4) is 0 Å². The summed E-state index contributed by atoms with van der Waals surface area (Å²) in [6.45, 7) is 2.37. The van der Waals surface area contributed by atoms with Gasteiger partial charge < -0.3 is 0 Å². The van der Waals surface area contributed by atoms with Crippen LogP contribution in [-0.2, 0) is 13.1 Å². The Morgan fingerprint density at radius 2 is 1.77 bits per heavy atom. The Bertz CT molecular complexity index is 957. The second-order valence-corrected chi connectivity index (χ2v) is 5.07. The van der Waals surface area contributed by atoms with Gasteiger partial charge in [0.1, 0.15) is 5.82 Å². The van der Waals surface area contributed by atoms with Crippen LogP contribution in [0.25, 0.3) is 10.9 Å². The van der Waals surface area contributed by atoms with Crippen molar-refractivity contribution in [3.05, 3.63) is 80.7 Å². The Balaban J connectivity index is 2.26. The Labute approximate surface area is 126 Å². The van der Waals surface area contributed by atoms with Gasteiger partial charge in [-0.1, -0.05) is 24.3 Å². The topological polar surface area (TPSA) is 44.0 Å². The predicted octanol–water partition coefficient (Wildman–Crippen LogP) is 2.37. The minimum Gasteiger partial charge on any atom is -0.293 e. The lowest BCUT2D eigenvalue weighted by Gasteiger charge is -2.12. The molecule has 0 saturated heterocycles. The van der Waals surface area contributed by atoms with Crippen LogP contribution in [0.3, 0.4) is 0 Å². The third kappa shape index (κ3) is 2.35. The van der Waals surface area contributed by atoms with E-state index in [1.807, 2.05) is 6.92 Å². The van der Waals surface area contributed by atoms with E-state index in [0.29, 0.717) is 23.0 Å². The molecule has 0 fully saturated rings. The molecule has 0 N–H and O–H groups in total. The summed E-state index contributed by atoms with van der Waals surface area (Å²) < 4.78 is 16.0. The molecule has 0 bridgehead atoms. The maximum absolute atomic E-state index is 13.3. The smallest absolute Gasteiger partial charge is 0.293 e. The van der Waals surface area contributed by atoms with E-state index < -0.39 is 0 Å². The summed E-state index contributed by atoms with van der Waals surface area (Å²) in [4.78, 5) is 25.1. The fourth-order valence-corrected chi connectivity index (χ4v) is 2.63. The SMILES string of the molecule is CCn1c(=O)n(Cc2cccc(F)c2)c(=O)c2ccccc21. The van der Waals surface area contributed by atoms with Gasteiger partial charge in [0.15, 0.2) is 0 Å². The first-order valence-electron chi connectivity index (χ1n) is 7.08. The molecule has 0 spiro atoms. The first-order chi connectivity index (χ1) is 10.6. The largest absolute Gasteiger partial charge is 0.331 e. The van der Waals surface area contributed by atoms with E-state index in [1.54, 1.807) is 41.0 Å². The lowest BCUT2D eigenvalue weighted by molar-refractivity contribution is 0.608. The molecule has 0 unspecified atom stereocenters. The van der Waals surface area contributed by atoms with Crippen LogP contribution in [0.15, 0.2) is 58.1 Å². The molecule has 0 atom stereocenters. The number of aromatic nitrogens is 2. The minimum absolute atomic E-state index is 0.0558. The van der Waals surface area contributed by atoms with Crippen molar-refractivity contribution in [1.82, 2.24) is 9.13 Å². The van der Waals surface area contributed by atoms with Crippen molar-refractivity contribution in [2.24, 2.45) is 0 Å². The summed E-state index contributed by atoms with van der Waals surface area (Å²) in [7, 11) is 0. The average molecular weight is 298 g/mol. The fraction of sp³-hybridized carbons (Fsp3) is 0.176. The van der Waals surface area contributed by atoms with Crippen molar-refractivity contribution in [3.63, 3.8) is 0 Å². The predicted molar refractivity (Wildman–Crippen MR) is 83.6 cm³/mol. The number of hydrogen-bond acceptors (Lipinski definition) is 2. The van der Waals surface area contributed by atoms with Crippen molar-refractivity contribution >= 4 is 10.9 Å². The first-order valence-corrected chi connectivity index (χ1v) is 7.08. The fourth-order valence-electron chi connectivity index (χ4n) is 2.63. The number of hydrogen-bond donors (Lipinski definition) is 0. The van der Waals surface area contributed by atoms with E-state index in [-0.39, 0.29) is 23.6 Å². The molecule has 0 aliphatic heterocycles. The zero-order valence-electron chi connectivity index (χ0n) is 12.1. The molecule has 0 saturated carbocycles. The maximum Gasteiger partial charge on any atom is 0.331 e. The molecule has 0 amide bonds. The third-order valence-electron chi connectivity index (χ3n) is 3.68. The second-order valence-electron chi connectivity index (χ2n) is 5.07. The molecule has 1 heterocycles. The van der Waals surface area contributed by atoms with Gasteiger partial charge in [0, 0.05) is 6.54 Å². The number of fused-ring (bicyclic) bond motifs is 1. The summed E-state index contributed by atoms with van der Waals surface area (Å²) in [5.41, 5.74) is 0.470. The molecule has 2 aromatic carbocycles. The van der Waals surface area contributed by atoms with Crippen LogP contribution < -0.4 is 11.2 Å². The Kier molecular flexibility index (Phi) is 3.63. The zero-order chi connectivity index (χ0) is 15.7. The molecule has 22 heavy (non-hydrogen) atoms. The molecular weight excluding hydrogens is 283 g/mol. The second kappa shape index (κ2) is 5.60. The maximum atomic E-state index is 13.3. The first kappa shape index (κ1) is 14.3. The highest BCUT2D eigenvalue weighted by molar-refractivity contribution is 5.77. The van der Waals surface area contributed by atoms with E-state index >= 15 is 0 Å². The number of rotatable bonds is 3. The van der Waals surface area contributed by atoms with Crippen molar-refractivity contribution < 1.29 is 4.39 Å². The van der Waals surface area contributed by atoms with Gasteiger partial charge in [0.25, 0.3) is 5.56 Å². The molecular formula is C17H15FN2O2. The molecule has 3 rings (SSSR count). The van der Waals surface area contributed by atoms with Gasteiger partial charge in [-0.3, -0.25) is 13.9 Å². The Hall–Kier alpha value is -2.69. The Morgan fingerprint density at radius 1 is 1.00 bits per heavy atom. The molecule has 3 aromatic rings. The summed E-state index contributed by atoms with van der Waals surface area (Å²) >= 11 is 0. The van der Waals surface area contributed by atoms with Gasteiger partial charge in [-0.15, -0.1) is 0 Å². The lowest BCUT2D eigenvalue weighted by Crippen LogP contribution is -2.40. The van der Waals surface area contributed by atoms with Gasteiger partial charge in [-0.25, -0.2) is 9.18 Å². The molecule has 0 aliphatic carbocycles. The van der Waals surface area contributed by atoms with Crippen LogP contribution in [0.2, 0.25) is 0 Å². The highest BCUT2D eigenvalue weighted by atomic mass is 19.1. The molecule has 5 heteroatoms. The Morgan fingerprint density at radius 3 is 2.50 bits per heavy atom. The quantitative estimate of drug-likeness (QED) is 0.745. The normalized spacial score (nSPS) is 11.0. The van der Waals surface area contributed by atoms with Crippen LogP contribution >= 0.6 is 0 Å². The van der Waals surface area contributed by atoms with E-state index in [9.17, 15) is 14.0 Å². The van der Waals surface area contributed by atoms with Gasteiger partial charge in [0.2, 0.25) is 0 Å². The van der Waals surface area contributed by atoms with Gasteiger partial charge in [-0.2, -0.15) is 0 Å². The molecule has 0 aliphatic rings. The summed E-state index contributed by atoms with van der Waals surface area (Å²) in [6, 6.07) is 12.9. The van der Waals surface area contributed by atoms with Crippen molar-refractivity contribution in [2.45, 2.75) is 20.0 Å². The summed E-state index contributed by atoms with van der Waals surface area (Å²) in [5.74, 6) is -0.387. The minimum atomic E-state index is -0.387. The van der Waals surface area contributed by atoms with Gasteiger partial charge in [0.05, 0.1) is 17.4 Å². The summed E-state index contributed by atoms with van der Waals surface area (Å²) in [6.07, 6.45) is 0. The molecule has 112 valence electrons. The van der Waals surface area contributed by atoms with Crippen LogP contribution in [0.5, 0.6) is 0 Å². The number of nitrogens with zero attached hydrogens (tertiary/aromatic N) is 2. The van der Waals surface area contributed by atoms with Crippen LogP contribution in [0.1, 0.15) is 12.5 Å². The van der Waals surface area contributed by atoms with Gasteiger partial charge >= 0.3 is 5.69 Å². The molecule has 4 nitrogen and oxygen atoms in total. The van der Waals surface area contributed by atoms with E-state index in [2.05, 4.69) is 0 Å². The van der Waals surface area contributed by atoms with Crippen molar-refractivity contribution in [2.75, 3.05) is 0 Å². The third-order valence-corrected chi connectivity index (χ3v) is 3.68. The zero-order valence-corrected chi connectivity index (χ0v) is 12.1. The van der Waals surface area contributed by atoms with Crippen LogP contribution in [0, 0.1) is 5.82 Å². The van der Waals surface area contributed by atoms with E-state index in [1.165, 1.54) is 12.1 Å². The van der Waals surface area contributed by atoms with Crippen LogP contribution in [-0.4, -0.2) is 9.13 Å². The lowest BCUT2D eigenvalue weighted by atomic mass is 10.2. The molecule has 1 aromatic heterocycles. The number of benzene rings is 2. The number of para-hydroxylation sites is 1. The number of aryl methyl sites for hydroxylation is 1. The monoisotopic (exact) mass is 298 g/mol. The highest BCUT2D eigenvalue weighted by Crippen LogP contribution is 2.09. The van der Waals surface area contributed by atoms with Gasteiger partial charge in [-0.05, 0) is 36.8 Å². The van der Waals surface area contributed by atoms with Crippen molar-refractivity contribution in [1.29, 1.82) is 0 Å². The van der Waals surface area contributed by atoms with Crippen LogP contribution in [0.4, 0.5) is 4.39 Å². The molecule has 0 radical (unpaired) electrons. The standard InChI is InChI=1S/C17H15FN2O2/c1-2-19-15-9-4-3-8-14(15)16(21)20(17(19)22)11-12-6-5-7-13(18)10-12/h3-10H,2,11H2,1H3. The highest BCUT2D eigenvalue weighted by Gasteiger charge is 2.12. The average Bonchev–Trinajstić information content (AvgIpc) is 2.52. The van der Waals surface area contributed by atoms with E-state index in [0.717, 1.165) is 4.57 Å². The number of halogens is 1. The van der Waals surface area contributed by atoms with E-state index in [4.69, 9.17) is 0 Å².